The number of nitrogens with zero attached hydrogens (tertiary/aromatic N) is 3. The Labute approximate surface area is 128 Å². The summed E-state index contributed by atoms with van der Waals surface area (Å²) in [6.45, 7) is 5.58. The zero-order valence-corrected chi connectivity index (χ0v) is 13.6. The molecule has 8 heteroatoms. The Bertz CT molecular complexity index is 685. The standard InChI is InChI=1S/C14H23N5O3/c1-6-16-11-10(15-4)13(21)19(14(22)18(11)5)8-7-17-12(20)9(2)3/h6,9,15H,7-8H2,1-5H3,(H,17,20)/b16-6-. The number of anilines is 1. The molecule has 1 aromatic rings. The molecule has 0 saturated carbocycles. The summed E-state index contributed by atoms with van der Waals surface area (Å²) in [6.07, 6.45) is 1.52. The third kappa shape index (κ3) is 3.63. The normalized spacial score (nSPS) is 11.2. The molecule has 0 bridgehead atoms. The summed E-state index contributed by atoms with van der Waals surface area (Å²) in [6, 6.07) is 0. The molecule has 2 N–H and O–H groups in total. The van der Waals surface area contributed by atoms with Crippen LogP contribution < -0.4 is 21.9 Å². The van der Waals surface area contributed by atoms with Gasteiger partial charge in [0.25, 0.3) is 5.56 Å². The van der Waals surface area contributed by atoms with Crippen molar-refractivity contribution in [2.75, 3.05) is 18.9 Å². The van der Waals surface area contributed by atoms with Gasteiger partial charge in [0.1, 0.15) is 5.69 Å². The van der Waals surface area contributed by atoms with Crippen LogP contribution in [-0.2, 0) is 18.4 Å². The molecule has 1 aromatic heterocycles. The zero-order chi connectivity index (χ0) is 16.9. The van der Waals surface area contributed by atoms with Crippen molar-refractivity contribution in [1.29, 1.82) is 0 Å². The van der Waals surface area contributed by atoms with Gasteiger partial charge in [0, 0.05) is 39.3 Å². The predicted octanol–water partition coefficient (Wildman–Crippen LogP) is 0.0831. The maximum Gasteiger partial charge on any atom is 0.332 e. The van der Waals surface area contributed by atoms with E-state index >= 15 is 0 Å². The topological polar surface area (TPSA) is 97.5 Å². The van der Waals surface area contributed by atoms with Gasteiger partial charge in [-0.05, 0) is 6.92 Å². The molecule has 0 fully saturated rings. The molecule has 0 aromatic carbocycles. The highest BCUT2D eigenvalue weighted by Gasteiger charge is 2.15. The van der Waals surface area contributed by atoms with Crippen LogP contribution in [0, 0.1) is 5.92 Å². The lowest BCUT2D eigenvalue weighted by Gasteiger charge is -2.14. The molecule has 122 valence electrons. The third-order valence-corrected chi connectivity index (χ3v) is 3.18. The Kier molecular flexibility index (Phi) is 6.09. The van der Waals surface area contributed by atoms with E-state index in [9.17, 15) is 14.4 Å². The minimum absolute atomic E-state index is 0.106. The molecule has 0 unspecified atom stereocenters. The summed E-state index contributed by atoms with van der Waals surface area (Å²) in [5, 5.41) is 5.47. The van der Waals surface area contributed by atoms with Crippen LogP contribution in [-0.4, -0.2) is 34.8 Å². The van der Waals surface area contributed by atoms with Crippen LogP contribution in [0.3, 0.4) is 0 Å². The van der Waals surface area contributed by atoms with Crippen LogP contribution in [0.1, 0.15) is 20.8 Å². The van der Waals surface area contributed by atoms with Crippen LogP contribution in [0.15, 0.2) is 14.6 Å². The number of amides is 1. The first kappa shape index (κ1) is 17.7. The van der Waals surface area contributed by atoms with Gasteiger partial charge in [-0.25, -0.2) is 9.79 Å². The number of aromatic nitrogens is 2. The number of hydrogen-bond donors (Lipinski definition) is 2. The van der Waals surface area contributed by atoms with Crippen molar-refractivity contribution >= 4 is 23.6 Å². The van der Waals surface area contributed by atoms with Crippen LogP contribution in [0.4, 0.5) is 11.5 Å². The smallest absolute Gasteiger partial charge is 0.332 e. The molecule has 0 aliphatic heterocycles. The molecule has 0 aliphatic carbocycles. The first-order valence-electron chi connectivity index (χ1n) is 7.13. The average Bonchev–Trinajstić information content (AvgIpc) is 2.48. The Morgan fingerprint density at radius 1 is 1.36 bits per heavy atom. The molecule has 22 heavy (non-hydrogen) atoms. The summed E-state index contributed by atoms with van der Waals surface area (Å²) < 4.78 is 2.39. The Morgan fingerprint density at radius 2 is 2.00 bits per heavy atom. The van der Waals surface area contributed by atoms with Gasteiger partial charge in [-0.3, -0.25) is 18.7 Å². The monoisotopic (exact) mass is 309 g/mol. The molecule has 1 amide bonds. The number of hydrogen-bond acceptors (Lipinski definition) is 5. The number of rotatable bonds is 6. The Hall–Kier alpha value is -2.38. The number of carbonyl (C=O) groups excluding carboxylic acids is 1. The summed E-state index contributed by atoms with van der Waals surface area (Å²) in [5.41, 5.74) is -0.677. The Balaban J connectivity index is 3.17. The van der Waals surface area contributed by atoms with Gasteiger partial charge in [-0.15, -0.1) is 0 Å². The van der Waals surface area contributed by atoms with Gasteiger partial charge in [0.15, 0.2) is 5.82 Å². The van der Waals surface area contributed by atoms with E-state index in [-0.39, 0.29) is 36.4 Å². The van der Waals surface area contributed by atoms with Crippen molar-refractivity contribution in [3.63, 3.8) is 0 Å². The molecule has 8 nitrogen and oxygen atoms in total. The van der Waals surface area contributed by atoms with Gasteiger partial charge in [-0.1, -0.05) is 13.8 Å². The molecule has 0 saturated heterocycles. The maximum atomic E-state index is 12.4. The largest absolute Gasteiger partial charge is 0.381 e. The van der Waals surface area contributed by atoms with Gasteiger partial charge in [-0.2, -0.15) is 0 Å². The number of nitrogens with one attached hydrogen (secondary N) is 2. The fourth-order valence-corrected chi connectivity index (χ4v) is 1.94. The van der Waals surface area contributed by atoms with E-state index in [1.807, 2.05) is 0 Å². The SMILES string of the molecule is C/C=N\c1c(NC)c(=O)n(CCNC(=O)C(C)C)c(=O)n1C. The lowest BCUT2D eigenvalue weighted by atomic mass is 10.2. The third-order valence-electron chi connectivity index (χ3n) is 3.18. The van der Waals surface area contributed by atoms with E-state index in [1.165, 1.54) is 10.8 Å². The van der Waals surface area contributed by atoms with E-state index in [1.54, 1.807) is 34.9 Å². The quantitative estimate of drug-likeness (QED) is 0.727. The first-order chi connectivity index (χ1) is 10.3. The van der Waals surface area contributed by atoms with E-state index in [0.29, 0.717) is 0 Å². The van der Waals surface area contributed by atoms with Crippen LogP contribution in [0.5, 0.6) is 0 Å². The molecule has 0 radical (unpaired) electrons. The van der Waals surface area contributed by atoms with Crippen molar-refractivity contribution < 1.29 is 4.79 Å². The summed E-state index contributed by atoms with van der Waals surface area (Å²) >= 11 is 0. The highest BCUT2D eigenvalue weighted by atomic mass is 16.2. The van der Waals surface area contributed by atoms with Gasteiger partial charge in [0.05, 0.1) is 0 Å². The van der Waals surface area contributed by atoms with Gasteiger partial charge >= 0.3 is 5.69 Å². The molecule has 0 spiro atoms. The molecular weight excluding hydrogens is 286 g/mol. The first-order valence-corrected chi connectivity index (χ1v) is 7.13. The molecule has 1 rings (SSSR count). The Morgan fingerprint density at radius 3 is 2.50 bits per heavy atom. The van der Waals surface area contributed by atoms with E-state index < -0.39 is 11.2 Å². The second-order valence-electron chi connectivity index (χ2n) is 5.08. The predicted molar refractivity (Wildman–Crippen MR) is 87.2 cm³/mol. The molecular formula is C14H23N5O3. The molecule has 0 atom stereocenters. The highest BCUT2D eigenvalue weighted by Crippen LogP contribution is 2.16. The van der Waals surface area contributed by atoms with Crippen LogP contribution in [0.2, 0.25) is 0 Å². The van der Waals surface area contributed by atoms with Crippen molar-refractivity contribution in [2.24, 2.45) is 18.0 Å². The van der Waals surface area contributed by atoms with Crippen molar-refractivity contribution in [3.8, 4) is 0 Å². The second-order valence-corrected chi connectivity index (χ2v) is 5.08. The summed E-state index contributed by atoms with van der Waals surface area (Å²) in [4.78, 5) is 40.2. The lowest BCUT2D eigenvalue weighted by molar-refractivity contribution is -0.124. The lowest BCUT2D eigenvalue weighted by Crippen LogP contribution is -2.43. The fraction of sp³-hybridized carbons (Fsp3) is 0.571. The van der Waals surface area contributed by atoms with Gasteiger partial charge < -0.3 is 10.6 Å². The summed E-state index contributed by atoms with van der Waals surface area (Å²) in [5.74, 6) is 0.0158. The van der Waals surface area contributed by atoms with Crippen molar-refractivity contribution in [3.05, 3.63) is 20.8 Å². The van der Waals surface area contributed by atoms with E-state index in [0.717, 1.165) is 4.57 Å². The maximum absolute atomic E-state index is 12.4. The van der Waals surface area contributed by atoms with E-state index in [2.05, 4.69) is 15.6 Å². The van der Waals surface area contributed by atoms with E-state index in [4.69, 9.17) is 0 Å². The second kappa shape index (κ2) is 7.58. The van der Waals surface area contributed by atoms with Crippen molar-refractivity contribution in [1.82, 2.24) is 14.5 Å². The van der Waals surface area contributed by atoms with Crippen LogP contribution >= 0.6 is 0 Å². The number of aliphatic imine (C=N–C) groups is 1. The minimum atomic E-state index is -0.469. The molecule has 1 heterocycles. The van der Waals surface area contributed by atoms with Gasteiger partial charge in [0.2, 0.25) is 5.91 Å². The van der Waals surface area contributed by atoms with Crippen LogP contribution in [0.25, 0.3) is 0 Å². The zero-order valence-electron chi connectivity index (χ0n) is 13.6. The highest BCUT2D eigenvalue weighted by molar-refractivity contribution is 5.77. The van der Waals surface area contributed by atoms with Crippen molar-refractivity contribution in [2.45, 2.75) is 27.3 Å². The summed E-state index contributed by atoms with van der Waals surface area (Å²) in [7, 11) is 3.15. The molecule has 0 aliphatic rings. The number of carbonyl (C=O) groups is 1. The fourth-order valence-electron chi connectivity index (χ4n) is 1.94. The minimum Gasteiger partial charge on any atom is -0.381 e. The average molecular weight is 309 g/mol.